The van der Waals surface area contributed by atoms with Gasteiger partial charge in [0.25, 0.3) is 0 Å². The Bertz CT molecular complexity index is 472. The van der Waals surface area contributed by atoms with E-state index >= 15 is 0 Å². The van der Waals surface area contributed by atoms with Crippen molar-refractivity contribution < 1.29 is 19.1 Å². The van der Waals surface area contributed by atoms with E-state index in [-0.39, 0.29) is 5.76 Å². The number of carbonyl (C=O) groups is 1. The van der Waals surface area contributed by atoms with Crippen molar-refractivity contribution in [3.63, 3.8) is 0 Å². The summed E-state index contributed by atoms with van der Waals surface area (Å²) in [7, 11) is 2.63. The number of hydrogen-bond donors (Lipinski definition) is 0. The van der Waals surface area contributed by atoms with Gasteiger partial charge < -0.3 is 14.3 Å². The van der Waals surface area contributed by atoms with Crippen molar-refractivity contribution in [1.29, 1.82) is 0 Å². The van der Waals surface area contributed by atoms with Crippen molar-refractivity contribution in [1.82, 2.24) is 0 Å². The predicted octanol–water partition coefficient (Wildman–Crippen LogP) is 1.91. The summed E-state index contributed by atoms with van der Waals surface area (Å²) in [6.45, 7) is 3.47. The second-order valence-electron chi connectivity index (χ2n) is 3.18. The molecule has 0 N–H and O–H groups in total. The van der Waals surface area contributed by atoms with E-state index in [9.17, 15) is 4.79 Å². The summed E-state index contributed by atoms with van der Waals surface area (Å²) in [5.74, 6) is 1.84. The van der Waals surface area contributed by atoms with Crippen LogP contribution in [0, 0.1) is 0 Å². The van der Waals surface area contributed by atoms with E-state index in [4.69, 9.17) is 16.3 Å². The molecule has 0 aromatic rings. The summed E-state index contributed by atoms with van der Waals surface area (Å²) >= 11 is 5.84. The maximum absolute atomic E-state index is 11.2. The SMILES string of the molecule is C=C(OC1C=CC(Cl)=CC1=C=NOC)C(=O)OC. The molecule has 0 aromatic carbocycles. The number of ether oxygens (including phenoxy) is 2. The van der Waals surface area contributed by atoms with Gasteiger partial charge in [-0.1, -0.05) is 11.6 Å². The molecule has 1 unspecified atom stereocenters. The second-order valence-corrected chi connectivity index (χ2v) is 3.62. The molecular weight excluding hydrogens is 258 g/mol. The van der Waals surface area contributed by atoms with E-state index in [0.717, 1.165) is 0 Å². The van der Waals surface area contributed by atoms with Gasteiger partial charge in [0.1, 0.15) is 7.11 Å². The minimum atomic E-state index is -0.646. The lowest BCUT2D eigenvalue weighted by Crippen LogP contribution is -2.18. The van der Waals surface area contributed by atoms with Crippen LogP contribution in [0.4, 0.5) is 0 Å². The van der Waals surface area contributed by atoms with Gasteiger partial charge in [-0.15, -0.1) is 0 Å². The summed E-state index contributed by atoms with van der Waals surface area (Å²) in [6, 6.07) is 0. The van der Waals surface area contributed by atoms with Gasteiger partial charge in [-0.3, -0.25) is 0 Å². The smallest absolute Gasteiger partial charge is 0.372 e. The number of allylic oxidation sites excluding steroid dienone is 2. The van der Waals surface area contributed by atoms with Gasteiger partial charge in [-0.25, -0.2) is 4.79 Å². The summed E-state index contributed by atoms with van der Waals surface area (Å²) < 4.78 is 9.81. The summed E-state index contributed by atoms with van der Waals surface area (Å²) in [5, 5.41) is 4.00. The van der Waals surface area contributed by atoms with Crippen LogP contribution in [0.15, 0.2) is 46.3 Å². The molecule has 0 radical (unpaired) electrons. The first-order chi connectivity index (χ1) is 8.58. The zero-order chi connectivity index (χ0) is 13.5. The van der Waals surface area contributed by atoms with Crippen LogP contribution in [0.2, 0.25) is 0 Å². The highest BCUT2D eigenvalue weighted by Crippen LogP contribution is 2.21. The first-order valence-electron chi connectivity index (χ1n) is 4.93. The zero-order valence-corrected chi connectivity index (χ0v) is 10.7. The van der Waals surface area contributed by atoms with E-state index in [1.165, 1.54) is 14.2 Å². The fourth-order valence-electron chi connectivity index (χ4n) is 1.17. The number of hydrogen-bond acceptors (Lipinski definition) is 5. The van der Waals surface area contributed by atoms with Gasteiger partial charge in [0.2, 0.25) is 0 Å². The summed E-state index contributed by atoms with van der Waals surface area (Å²) in [6.07, 6.45) is 4.30. The molecular formula is C12H12ClNO4. The maximum atomic E-state index is 11.2. The van der Waals surface area contributed by atoms with Crippen molar-refractivity contribution in [2.24, 2.45) is 5.16 Å². The average Bonchev–Trinajstić information content (AvgIpc) is 2.37. The Morgan fingerprint density at radius 1 is 1.56 bits per heavy atom. The van der Waals surface area contributed by atoms with Crippen LogP contribution in [-0.2, 0) is 19.1 Å². The van der Waals surface area contributed by atoms with Crippen molar-refractivity contribution in [2.45, 2.75) is 6.10 Å². The van der Waals surface area contributed by atoms with Crippen LogP contribution in [0.3, 0.4) is 0 Å². The summed E-state index contributed by atoms with van der Waals surface area (Å²) in [4.78, 5) is 15.7. The van der Waals surface area contributed by atoms with E-state index < -0.39 is 12.1 Å². The largest absolute Gasteiger partial charge is 0.474 e. The first-order valence-corrected chi connectivity index (χ1v) is 5.31. The van der Waals surface area contributed by atoms with Crippen LogP contribution in [0.1, 0.15) is 0 Å². The van der Waals surface area contributed by atoms with E-state index in [0.29, 0.717) is 10.6 Å². The van der Waals surface area contributed by atoms with Crippen LogP contribution < -0.4 is 0 Å². The lowest BCUT2D eigenvalue weighted by molar-refractivity contribution is -0.140. The van der Waals surface area contributed by atoms with Gasteiger partial charge in [0.05, 0.1) is 12.7 Å². The van der Waals surface area contributed by atoms with Gasteiger partial charge >= 0.3 is 5.97 Å². The normalized spacial score (nSPS) is 17.4. The molecule has 0 saturated carbocycles. The molecule has 0 fully saturated rings. The Morgan fingerprint density at radius 2 is 2.28 bits per heavy atom. The Balaban J connectivity index is 2.88. The quantitative estimate of drug-likeness (QED) is 0.257. The molecule has 0 spiro atoms. The molecule has 0 aromatic heterocycles. The van der Waals surface area contributed by atoms with Crippen LogP contribution >= 0.6 is 11.6 Å². The molecule has 0 saturated heterocycles. The van der Waals surface area contributed by atoms with Crippen LogP contribution in [0.5, 0.6) is 0 Å². The Labute approximate surface area is 110 Å². The molecule has 0 amide bonds. The molecule has 0 heterocycles. The first kappa shape index (κ1) is 14.1. The summed E-state index contributed by atoms with van der Waals surface area (Å²) in [5.41, 5.74) is 0.509. The van der Waals surface area contributed by atoms with E-state index in [1.54, 1.807) is 18.2 Å². The third-order valence-electron chi connectivity index (χ3n) is 1.98. The van der Waals surface area contributed by atoms with Gasteiger partial charge in [0.15, 0.2) is 11.9 Å². The fourth-order valence-corrected chi connectivity index (χ4v) is 1.36. The number of methoxy groups -OCH3 is 1. The predicted molar refractivity (Wildman–Crippen MR) is 67.1 cm³/mol. The number of nitrogens with zero attached hydrogens (tertiary/aromatic N) is 1. The third-order valence-corrected chi connectivity index (χ3v) is 2.21. The molecule has 1 aliphatic rings. The van der Waals surface area contributed by atoms with Crippen LogP contribution in [-0.4, -0.2) is 32.2 Å². The lowest BCUT2D eigenvalue weighted by Gasteiger charge is -2.18. The lowest BCUT2D eigenvalue weighted by atomic mass is 10.1. The number of esters is 1. The maximum Gasteiger partial charge on any atom is 0.372 e. The Morgan fingerprint density at radius 3 is 2.89 bits per heavy atom. The van der Waals surface area contributed by atoms with E-state index in [2.05, 4.69) is 27.2 Å². The molecule has 18 heavy (non-hydrogen) atoms. The fraction of sp³-hybridized carbons (Fsp3) is 0.250. The highest BCUT2D eigenvalue weighted by Gasteiger charge is 2.19. The van der Waals surface area contributed by atoms with Crippen LogP contribution in [0.25, 0.3) is 0 Å². The van der Waals surface area contributed by atoms with Crippen molar-refractivity contribution in [3.05, 3.63) is 41.2 Å². The number of rotatable bonds is 4. The van der Waals surface area contributed by atoms with Gasteiger partial charge in [0, 0.05) is 10.9 Å². The molecule has 1 rings (SSSR count). The Kier molecular flexibility index (Phi) is 5.24. The molecule has 5 nitrogen and oxygen atoms in total. The third kappa shape index (κ3) is 3.80. The second kappa shape index (κ2) is 6.69. The highest BCUT2D eigenvalue weighted by molar-refractivity contribution is 6.31. The molecule has 1 atom stereocenters. The minimum Gasteiger partial charge on any atom is -0.474 e. The molecule has 0 aliphatic heterocycles. The monoisotopic (exact) mass is 269 g/mol. The number of carbonyl (C=O) groups excluding carboxylic acids is 1. The Hall–Kier alpha value is -1.97. The topological polar surface area (TPSA) is 57.1 Å². The molecule has 1 aliphatic carbocycles. The van der Waals surface area contributed by atoms with Crippen molar-refractivity contribution in [3.8, 4) is 0 Å². The average molecular weight is 270 g/mol. The standard InChI is InChI=1S/C12H12ClNO4/c1-8(12(15)16-2)18-11-5-4-10(13)6-9(11)7-14-17-3/h4-6,11H,1H2,2-3H3. The zero-order valence-electron chi connectivity index (χ0n) is 9.97. The molecule has 6 heteroatoms. The molecule has 0 bridgehead atoms. The van der Waals surface area contributed by atoms with E-state index in [1.807, 2.05) is 0 Å². The number of halogens is 1. The highest BCUT2D eigenvalue weighted by atomic mass is 35.5. The molecule has 96 valence electrons. The van der Waals surface area contributed by atoms with Gasteiger partial charge in [-0.2, -0.15) is 0 Å². The minimum absolute atomic E-state index is 0.115. The van der Waals surface area contributed by atoms with Crippen molar-refractivity contribution >= 4 is 23.4 Å². The van der Waals surface area contributed by atoms with Crippen molar-refractivity contribution in [2.75, 3.05) is 14.2 Å². The van der Waals surface area contributed by atoms with Gasteiger partial charge in [-0.05, 0) is 30.0 Å².